The molecule has 0 unspecified atom stereocenters. The molecule has 0 aliphatic carbocycles. The van der Waals surface area contributed by atoms with Crippen molar-refractivity contribution in [2.45, 2.75) is 39.5 Å². The number of anilines is 2. The lowest BCUT2D eigenvalue weighted by atomic mass is 10.2. The number of amides is 1. The summed E-state index contributed by atoms with van der Waals surface area (Å²) in [5.41, 5.74) is 0.838. The number of carbonyl (C=O) groups is 1. The second-order valence-electron chi connectivity index (χ2n) is 7.58. The minimum Gasteiger partial charge on any atom is -0.355 e. The highest BCUT2D eigenvalue weighted by Gasteiger charge is 2.25. The van der Waals surface area contributed by atoms with Crippen molar-refractivity contribution in [2.75, 3.05) is 49.1 Å². The molecule has 150 valence electrons. The van der Waals surface area contributed by atoms with Gasteiger partial charge < -0.3 is 14.7 Å². The number of piperazine rings is 1. The van der Waals surface area contributed by atoms with Gasteiger partial charge in [-0.1, -0.05) is 12.8 Å². The first kappa shape index (κ1) is 19.1. The molecule has 0 atom stereocenters. The molecular weight excluding hydrogens is 372 g/mol. The fourth-order valence-electron chi connectivity index (χ4n) is 3.97. The van der Waals surface area contributed by atoms with Crippen LogP contribution in [0.5, 0.6) is 0 Å². The number of rotatable bonds is 3. The van der Waals surface area contributed by atoms with Crippen LogP contribution >= 0.6 is 11.3 Å². The monoisotopic (exact) mass is 400 g/mol. The Morgan fingerprint density at radius 1 is 0.857 bits per heavy atom. The number of hydrogen-bond acceptors (Lipinski definition) is 7. The summed E-state index contributed by atoms with van der Waals surface area (Å²) in [4.78, 5) is 24.4. The molecule has 2 aromatic rings. The normalized spacial score (nSPS) is 18.3. The summed E-state index contributed by atoms with van der Waals surface area (Å²) in [6.07, 6.45) is 5.09. The maximum absolute atomic E-state index is 12.8. The van der Waals surface area contributed by atoms with Crippen LogP contribution in [0.1, 0.15) is 46.1 Å². The van der Waals surface area contributed by atoms with Gasteiger partial charge in [0.2, 0.25) is 0 Å². The van der Waals surface area contributed by atoms with Crippen LogP contribution in [-0.2, 0) is 0 Å². The van der Waals surface area contributed by atoms with Gasteiger partial charge in [0.05, 0.1) is 10.7 Å². The van der Waals surface area contributed by atoms with Crippen LogP contribution in [0.2, 0.25) is 0 Å². The molecular formula is C20H28N6OS. The van der Waals surface area contributed by atoms with Gasteiger partial charge in [0.1, 0.15) is 4.88 Å². The molecule has 2 aliphatic heterocycles. The Hall–Kier alpha value is -2.22. The van der Waals surface area contributed by atoms with Gasteiger partial charge in [0.25, 0.3) is 5.91 Å². The zero-order valence-corrected chi connectivity index (χ0v) is 17.5. The van der Waals surface area contributed by atoms with Crippen LogP contribution in [-0.4, -0.2) is 65.3 Å². The van der Waals surface area contributed by atoms with E-state index in [0.717, 1.165) is 53.4 Å². The predicted molar refractivity (Wildman–Crippen MR) is 112 cm³/mol. The number of aryl methyl sites for hydroxylation is 2. The minimum absolute atomic E-state index is 0.102. The van der Waals surface area contributed by atoms with E-state index in [1.807, 2.05) is 18.7 Å². The molecule has 0 bridgehead atoms. The molecule has 0 saturated carbocycles. The average Bonchev–Trinajstić information content (AvgIpc) is 2.90. The Labute approximate surface area is 170 Å². The first-order valence-electron chi connectivity index (χ1n) is 10.2. The van der Waals surface area contributed by atoms with Gasteiger partial charge in [-0.15, -0.1) is 21.5 Å². The maximum atomic E-state index is 12.8. The zero-order chi connectivity index (χ0) is 19.5. The molecule has 28 heavy (non-hydrogen) atoms. The summed E-state index contributed by atoms with van der Waals surface area (Å²) in [5.74, 6) is 1.98. The predicted octanol–water partition coefficient (Wildman–Crippen LogP) is 2.89. The van der Waals surface area contributed by atoms with Gasteiger partial charge in [-0.05, 0) is 38.8 Å². The molecule has 2 aromatic heterocycles. The van der Waals surface area contributed by atoms with Crippen molar-refractivity contribution in [1.82, 2.24) is 20.1 Å². The van der Waals surface area contributed by atoms with Gasteiger partial charge >= 0.3 is 0 Å². The fraction of sp³-hybridized carbons (Fsp3) is 0.600. The Kier molecular flexibility index (Phi) is 5.75. The van der Waals surface area contributed by atoms with Crippen LogP contribution in [0.15, 0.2) is 12.1 Å². The van der Waals surface area contributed by atoms with Crippen molar-refractivity contribution in [3.05, 3.63) is 27.7 Å². The molecule has 2 aliphatic rings. The third-order valence-electron chi connectivity index (χ3n) is 5.56. The van der Waals surface area contributed by atoms with Crippen LogP contribution < -0.4 is 9.80 Å². The number of hydrogen-bond donors (Lipinski definition) is 0. The highest BCUT2D eigenvalue weighted by Crippen LogP contribution is 2.22. The Morgan fingerprint density at radius 3 is 1.93 bits per heavy atom. The number of aromatic nitrogens is 3. The maximum Gasteiger partial charge on any atom is 0.265 e. The molecule has 2 fully saturated rings. The van der Waals surface area contributed by atoms with Crippen LogP contribution in [0.4, 0.5) is 11.6 Å². The SMILES string of the molecule is Cc1nc(C)c(C(=O)N2CCN(c3ccc(N4CCCCCC4)nn3)CC2)s1. The third-order valence-corrected chi connectivity index (χ3v) is 6.62. The minimum atomic E-state index is 0.102. The Balaban J connectivity index is 1.35. The zero-order valence-electron chi connectivity index (χ0n) is 16.7. The molecule has 2 saturated heterocycles. The third kappa shape index (κ3) is 4.11. The lowest BCUT2D eigenvalue weighted by molar-refractivity contribution is 0.0750. The van der Waals surface area contributed by atoms with Crippen LogP contribution in [0.3, 0.4) is 0 Å². The number of nitrogens with zero attached hydrogens (tertiary/aromatic N) is 6. The van der Waals surface area contributed by atoms with Crippen LogP contribution in [0, 0.1) is 13.8 Å². The lowest BCUT2D eigenvalue weighted by Crippen LogP contribution is -2.49. The van der Waals surface area contributed by atoms with E-state index in [2.05, 4.69) is 37.1 Å². The Morgan fingerprint density at radius 2 is 1.43 bits per heavy atom. The molecule has 0 spiro atoms. The van der Waals surface area contributed by atoms with E-state index >= 15 is 0 Å². The van der Waals surface area contributed by atoms with E-state index in [1.165, 1.54) is 37.0 Å². The van der Waals surface area contributed by atoms with Crippen molar-refractivity contribution in [3.63, 3.8) is 0 Å². The standard InChI is InChI=1S/C20H28N6OS/c1-15-19(28-16(2)21-15)20(27)26-13-11-25(12-14-26)18-8-7-17(22-23-18)24-9-5-3-4-6-10-24/h7-8H,3-6,9-14H2,1-2H3. The van der Waals surface area contributed by atoms with E-state index in [1.54, 1.807) is 0 Å². The quantitative estimate of drug-likeness (QED) is 0.789. The average molecular weight is 401 g/mol. The molecule has 1 amide bonds. The summed E-state index contributed by atoms with van der Waals surface area (Å²) >= 11 is 1.49. The smallest absolute Gasteiger partial charge is 0.265 e. The topological polar surface area (TPSA) is 65.5 Å². The molecule has 4 heterocycles. The van der Waals surface area contributed by atoms with Crippen molar-refractivity contribution < 1.29 is 4.79 Å². The summed E-state index contributed by atoms with van der Waals surface area (Å²) in [6, 6.07) is 4.16. The summed E-state index contributed by atoms with van der Waals surface area (Å²) < 4.78 is 0. The van der Waals surface area contributed by atoms with Crippen molar-refractivity contribution in [3.8, 4) is 0 Å². The molecule has 7 nitrogen and oxygen atoms in total. The van der Waals surface area contributed by atoms with Gasteiger partial charge in [0, 0.05) is 39.3 Å². The summed E-state index contributed by atoms with van der Waals surface area (Å²) in [7, 11) is 0. The van der Waals surface area contributed by atoms with Crippen molar-refractivity contribution >= 4 is 28.9 Å². The first-order chi connectivity index (χ1) is 13.6. The van der Waals surface area contributed by atoms with E-state index in [0.29, 0.717) is 13.1 Å². The number of carbonyl (C=O) groups excluding carboxylic acids is 1. The lowest BCUT2D eigenvalue weighted by Gasteiger charge is -2.35. The largest absolute Gasteiger partial charge is 0.355 e. The Bertz CT molecular complexity index is 805. The second-order valence-corrected chi connectivity index (χ2v) is 8.78. The van der Waals surface area contributed by atoms with Gasteiger partial charge in [-0.3, -0.25) is 4.79 Å². The van der Waals surface area contributed by atoms with E-state index in [9.17, 15) is 4.79 Å². The highest BCUT2D eigenvalue weighted by atomic mass is 32.1. The fourth-order valence-corrected chi connectivity index (χ4v) is 4.86. The van der Waals surface area contributed by atoms with Gasteiger partial charge in [-0.2, -0.15) is 0 Å². The first-order valence-corrected chi connectivity index (χ1v) is 11.0. The molecule has 0 aromatic carbocycles. The van der Waals surface area contributed by atoms with E-state index < -0.39 is 0 Å². The number of thiazole rings is 1. The molecule has 4 rings (SSSR count). The van der Waals surface area contributed by atoms with Crippen molar-refractivity contribution in [2.24, 2.45) is 0 Å². The van der Waals surface area contributed by atoms with Gasteiger partial charge in [-0.25, -0.2) is 4.98 Å². The highest BCUT2D eigenvalue weighted by molar-refractivity contribution is 7.13. The summed E-state index contributed by atoms with van der Waals surface area (Å²) in [5, 5.41) is 9.90. The molecule has 0 N–H and O–H groups in total. The van der Waals surface area contributed by atoms with E-state index in [4.69, 9.17) is 0 Å². The second kappa shape index (κ2) is 8.43. The molecule has 8 heteroatoms. The van der Waals surface area contributed by atoms with E-state index in [-0.39, 0.29) is 5.91 Å². The van der Waals surface area contributed by atoms with Crippen molar-refractivity contribution in [1.29, 1.82) is 0 Å². The molecule has 0 radical (unpaired) electrons. The van der Waals surface area contributed by atoms with Gasteiger partial charge in [0.15, 0.2) is 11.6 Å². The summed E-state index contributed by atoms with van der Waals surface area (Å²) in [6.45, 7) is 8.96. The van der Waals surface area contributed by atoms with Crippen LogP contribution in [0.25, 0.3) is 0 Å².